The van der Waals surface area contributed by atoms with Crippen LogP contribution in [0.25, 0.3) is 0 Å². The molecule has 1 aromatic rings. The standard InChI is InChI=1S/C15H22ClN3O2/c1-17-10-12-9-13(16)3-4-14(12)21-11-15(20)19-7-5-18(2)6-8-19/h3-4,9,17H,5-8,10-11H2,1-2H3. The maximum Gasteiger partial charge on any atom is 0.260 e. The molecule has 0 atom stereocenters. The molecular formula is C15H22ClN3O2. The van der Waals surface area contributed by atoms with Gasteiger partial charge in [0.05, 0.1) is 0 Å². The number of piperazine rings is 1. The highest BCUT2D eigenvalue weighted by Crippen LogP contribution is 2.23. The summed E-state index contributed by atoms with van der Waals surface area (Å²) in [4.78, 5) is 16.2. The summed E-state index contributed by atoms with van der Waals surface area (Å²) in [5.74, 6) is 0.740. The van der Waals surface area contributed by atoms with Gasteiger partial charge in [0.25, 0.3) is 5.91 Å². The third-order valence-corrected chi connectivity index (χ3v) is 3.83. The molecule has 5 nitrogen and oxygen atoms in total. The number of halogens is 1. The van der Waals surface area contributed by atoms with Crippen LogP contribution in [0.5, 0.6) is 5.75 Å². The largest absolute Gasteiger partial charge is 0.483 e. The minimum absolute atomic E-state index is 0.0356. The molecule has 1 heterocycles. The lowest BCUT2D eigenvalue weighted by Gasteiger charge is -2.32. The van der Waals surface area contributed by atoms with E-state index in [4.69, 9.17) is 16.3 Å². The van der Waals surface area contributed by atoms with Gasteiger partial charge in [-0.1, -0.05) is 11.6 Å². The van der Waals surface area contributed by atoms with Crippen molar-refractivity contribution in [3.05, 3.63) is 28.8 Å². The van der Waals surface area contributed by atoms with Crippen molar-refractivity contribution in [3.8, 4) is 5.75 Å². The monoisotopic (exact) mass is 311 g/mol. The Kier molecular flexibility index (Phi) is 5.85. The average molecular weight is 312 g/mol. The molecular weight excluding hydrogens is 290 g/mol. The number of nitrogens with one attached hydrogen (secondary N) is 1. The van der Waals surface area contributed by atoms with E-state index in [9.17, 15) is 4.79 Å². The first-order chi connectivity index (χ1) is 10.1. The molecule has 21 heavy (non-hydrogen) atoms. The second kappa shape index (κ2) is 7.64. The molecule has 1 fully saturated rings. The molecule has 1 aliphatic heterocycles. The van der Waals surface area contributed by atoms with E-state index in [1.807, 2.05) is 24.1 Å². The molecule has 6 heteroatoms. The fourth-order valence-electron chi connectivity index (χ4n) is 2.30. The second-order valence-corrected chi connectivity index (χ2v) is 5.69. The number of carbonyl (C=O) groups is 1. The van der Waals surface area contributed by atoms with Gasteiger partial charge < -0.3 is 19.9 Å². The van der Waals surface area contributed by atoms with Crippen LogP contribution in [0.3, 0.4) is 0 Å². The highest BCUT2D eigenvalue weighted by atomic mass is 35.5. The molecule has 0 saturated carbocycles. The molecule has 0 spiro atoms. The summed E-state index contributed by atoms with van der Waals surface area (Å²) in [5.41, 5.74) is 0.955. The van der Waals surface area contributed by atoms with Crippen molar-refractivity contribution in [1.29, 1.82) is 0 Å². The van der Waals surface area contributed by atoms with E-state index in [1.54, 1.807) is 6.07 Å². The quantitative estimate of drug-likeness (QED) is 0.888. The van der Waals surface area contributed by atoms with Crippen molar-refractivity contribution >= 4 is 17.5 Å². The van der Waals surface area contributed by atoms with E-state index < -0.39 is 0 Å². The van der Waals surface area contributed by atoms with Crippen molar-refractivity contribution in [1.82, 2.24) is 15.1 Å². The molecule has 1 aromatic carbocycles. The fraction of sp³-hybridized carbons (Fsp3) is 0.533. The van der Waals surface area contributed by atoms with Gasteiger partial charge in [-0.15, -0.1) is 0 Å². The Balaban J connectivity index is 1.91. The summed E-state index contributed by atoms with van der Waals surface area (Å²) in [5, 5.41) is 3.73. The lowest BCUT2D eigenvalue weighted by Crippen LogP contribution is -2.48. The molecule has 1 N–H and O–H groups in total. The van der Waals surface area contributed by atoms with E-state index in [0.29, 0.717) is 17.3 Å². The average Bonchev–Trinajstić information content (AvgIpc) is 2.47. The van der Waals surface area contributed by atoms with Gasteiger partial charge in [-0.2, -0.15) is 0 Å². The van der Waals surface area contributed by atoms with Crippen LogP contribution in [-0.2, 0) is 11.3 Å². The van der Waals surface area contributed by atoms with E-state index in [2.05, 4.69) is 17.3 Å². The molecule has 116 valence electrons. The Morgan fingerprint density at radius 1 is 1.33 bits per heavy atom. The molecule has 1 aliphatic rings. The van der Waals surface area contributed by atoms with E-state index >= 15 is 0 Å². The smallest absolute Gasteiger partial charge is 0.260 e. The zero-order valence-corrected chi connectivity index (χ0v) is 13.3. The van der Waals surface area contributed by atoms with Gasteiger partial charge in [0, 0.05) is 43.3 Å². The van der Waals surface area contributed by atoms with Crippen molar-refractivity contribution < 1.29 is 9.53 Å². The maximum absolute atomic E-state index is 12.2. The van der Waals surface area contributed by atoms with Crippen LogP contribution in [0.1, 0.15) is 5.56 Å². The molecule has 0 unspecified atom stereocenters. The number of benzene rings is 1. The van der Waals surface area contributed by atoms with Gasteiger partial charge >= 0.3 is 0 Å². The molecule has 1 saturated heterocycles. The number of amides is 1. The Morgan fingerprint density at radius 3 is 2.71 bits per heavy atom. The number of hydrogen-bond acceptors (Lipinski definition) is 4. The molecule has 0 radical (unpaired) electrons. The van der Waals surface area contributed by atoms with Gasteiger partial charge in [-0.25, -0.2) is 0 Å². The van der Waals surface area contributed by atoms with Crippen molar-refractivity contribution in [3.63, 3.8) is 0 Å². The van der Waals surface area contributed by atoms with Crippen LogP contribution in [-0.4, -0.2) is 62.6 Å². The van der Waals surface area contributed by atoms with Crippen LogP contribution in [0.4, 0.5) is 0 Å². The third kappa shape index (κ3) is 4.59. The number of ether oxygens (including phenoxy) is 1. The SMILES string of the molecule is CNCc1cc(Cl)ccc1OCC(=O)N1CCN(C)CC1. The first-order valence-electron chi connectivity index (χ1n) is 7.12. The molecule has 1 amide bonds. The van der Waals surface area contributed by atoms with Crippen molar-refractivity contribution in [2.24, 2.45) is 0 Å². The van der Waals surface area contributed by atoms with E-state index in [0.717, 1.165) is 31.7 Å². The number of likely N-dealkylation sites (N-methyl/N-ethyl adjacent to an activating group) is 1. The van der Waals surface area contributed by atoms with Crippen LogP contribution in [0, 0.1) is 0 Å². The van der Waals surface area contributed by atoms with E-state index in [1.165, 1.54) is 0 Å². The summed E-state index contributed by atoms with van der Waals surface area (Å²) in [6.07, 6.45) is 0. The Morgan fingerprint density at radius 2 is 2.05 bits per heavy atom. The summed E-state index contributed by atoms with van der Waals surface area (Å²) in [6, 6.07) is 5.44. The minimum Gasteiger partial charge on any atom is -0.483 e. The zero-order chi connectivity index (χ0) is 15.2. The van der Waals surface area contributed by atoms with Crippen molar-refractivity contribution in [2.75, 3.05) is 46.9 Å². The molecule has 2 rings (SSSR count). The molecule has 0 aromatic heterocycles. The summed E-state index contributed by atoms with van der Waals surface area (Å²) in [7, 11) is 3.93. The third-order valence-electron chi connectivity index (χ3n) is 3.60. The first kappa shape index (κ1) is 16.1. The fourth-order valence-corrected chi connectivity index (χ4v) is 2.50. The van der Waals surface area contributed by atoms with Gasteiger partial charge in [0.2, 0.25) is 0 Å². The van der Waals surface area contributed by atoms with Gasteiger partial charge in [-0.05, 0) is 32.3 Å². The Labute approximate surface area is 130 Å². The lowest BCUT2D eigenvalue weighted by molar-refractivity contribution is -0.134. The Bertz CT molecular complexity index is 488. The van der Waals surface area contributed by atoms with Crippen LogP contribution in [0.15, 0.2) is 18.2 Å². The normalized spacial score (nSPS) is 16.0. The number of hydrogen-bond donors (Lipinski definition) is 1. The van der Waals surface area contributed by atoms with Crippen LogP contribution in [0.2, 0.25) is 5.02 Å². The predicted octanol–water partition coefficient (Wildman–Crippen LogP) is 1.21. The maximum atomic E-state index is 12.2. The van der Waals surface area contributed by atoms with Crippen molar-refractivity contribution in [2.45, 2.75) is 6.54 Å². The highest BCUT2D eigenvalue weighted by Gasteiger charge is 2.19. The number of carbonyl (C=O) groups excluding carboxylic acids is 1. The lowest BCUT2D eigenvalue weighted by atomic mass is 10.2. The predicted molar refractivity (Wildman–Crippen MR) is 83.8 cm³/mol. The topological polar surface area (TPSA) is 44.8 Å². The van der Waals surface area contributed by atoms with Gasteiger partial charge in [-0.3, -0.25) is 4.79 Å². The summed E-state index contributed by atoms with van der Waals surface area (Å²) < 4.78 is 5.68. The Hall–Kier alpha value is -1.30. The molecule has 0 aliphatic carbocycles. The van der Waals surface area contributed by atoms with E-state index in [-0.39, 0.29) is 12.5 Å². The molecule has 0 bridgehead atoms. The number of rotatable bonds is 5. The summed E-state index contributed by atoms with van der Waals surface area (Å²) in [6.45, 7) is 4.08. The van der Waals surface area contributed by atoms with Crippen LogP contribution < -0.4 is 10.1 Å². The second-order valence-electron chi connectivity index (χ2n) is 5.26. The zero-order valence-electron chi connectivity index (χ0n) is 12.6. The van der Waals surface area contributed by atoms with Gasteiger partial charge in [0.1, 0.15) is 5.75 Å². The van der Waals surface area contributed by atoms with Crippen LogP contribution >= 0.6 is 11.6 Å². The van der Waals surface area contributed by atoms with Gasteiger partial charge in [0.15, 0.2) is 6.61 Å². The summed E-state index contributed by atoms with van der Waals surface area (Å²) >= 11 is 5.99. The minimum atomic E-state index is 0.0356. The first-order valence-corrected chi connectivity index (χ1v) is 7.50. The highest BCUT2D eigenvalue weighted by molar-refractivity contribution is 6.30. The number of nitrogens with zero attached hydrogens (tertiary/aromatic N) is 2.